The van der Waals surface area contributed by atoms with Gasteiger partial charge in [-0.2, -0.15) is 0 Å². The number of likely N-dealkylation sites (N-methyl/N-ethyl adjacent to an activating group) is 4. The number of rotatable bonds is 3. The molecule has 4 fully saturated rings. The van der Waals surface area contributed by atoms with Gasteiger partial charge in [-0.15, -0.1) is 0 Å². The van der Waals surface area contributed by atoms with E-state index in [1.165, 1.54) is 103 Å². The van der Waals surface area contributed by atoms with Gasteiger partial charge in [-0.1, -0.05) is 34.9 Å². The highest BCUT2D eigenvalue weighted by Gasteiger charge is 2.16. The Morgan fingerprint density at radius 3 is 1.18 bits per heavy atom. The Hall–Kier alpha value is -6.00. The summed E-state index contributed by atoms with van der Waals surface area (Å²) >= 11 is 3.39. The Labute approximate surface area is 467 Å². The number of aromatic hydroxyl groups is 1. The zero-order valence-electron chi connectivity index (χ0n) is 46.9. The molecule has 4 aromatic heterocycles. The SMILES string of the molecule is CN1CCCN(c2cnc3ccc(O)cc3c2)CC1.CN1CCCNCC1.Cc1ccc2ncc(Br)cc2c1.Cc1ccc2ncc(N3CCCN(C)CC3)cc2c1.Cc1ccc2ncc(N3CCCN(C)CC3)cc2c1. The number of nitrogens with one attached hydrogen (secondary N) is 1. The maximum absolute atomic E-state index is 9.56. The van der Waals surface area contributed by atoms with Crippen LogP contribution >= 0.6 is 15.9 Å². The largest absolute Gasteiger partial charge is 0.508 e. The van der Waals surface area contributed by atoms with Crippen LogP contribution in [0.25, 0.3) is 43.6 Å². The van der Waals surface area contributed by atoms with Crippen LogP contribution in [0.5, 0.6) is 5.75 Å². The van der Waals surface area contributed by atoms with Crippen LogP contribution < -0.4 is 20.0 Å². The second kappa shape index (κ2) is 28.6. The Bertz CT molecular complexity index is 2840. The summed E-state index contributed by atoms with van der Waals surface area (Å²) in [6.45, 7) is 24.6. The highest BCUT2D eigenvalue weighted by atomic mass is 79.9. The molecule has 4 aliphatic heterocycles. The van der Waals surface area contributed by atoms with Crippen molar-refractivity contribution >= 4 is 76.6 Å². The van der Waals surface area contributed by atoms with E-state index in [1.807, 2.05) is 36.9 Å². The minimum absolute atomic E-state index is 0.294. The van der Waals surface area contributed by atoms with Gasteiger partial charge >= 0.3 is 0 Å². The van der Waals surface area contributed by atoms with E-state index < -0.39 is 0 Å². The molecule has 0 bridgehead atoms. The molecule has 4 aromatic carbocycles. The first-order valence-electron chi connectivity index (χ1n) is 27.9. The molecule has 4 aliphatic rings. The van der Waals surface area contributed by atoms with E-state index in [4.69, 9.17) is 0 Å². The molecule has 0 spiro atoms. The standard InChI is InChI=1S/2C16H21N3.C15H19N3O.C10H8BrN.C6H14N2/c2*1-13-4-5-16-14(10-13)11-15(12-17-16)19-7-3-6-18(2)8-9-19;1-17-5-2-6-18(8-7-17)13-9-12-10-14(19)3-4-15(12)16-11-13;1-7-2-3-10-8(4-7)5-9(11)6-12-10;1-8-5-2-3-7-4-6-8/h2*4-5,10-12H,3,6-9H2,1-2H3;3-4,9-11,19H,2,5-8H2,1H3;2-6H,1H3;7H,2-6H2,1H3. The van der Waals surface area contributed by atoms with Crippen LogP contribution in [-0.2, 0) is 0 Å². The molecular weight excluding hydrogens is 1020 g/mol. The van der Waals surface area contributed by atoms with Crippen molar-refractivity contribution in [1.82, 2.24) is 44.9 Å². The summed E-state index contributed by atoms with van der Waals surface area (Å²) in [4.78, 5) is 34.8. The van der Waals surface area contributed by atoms with Crippen molar-refractivity contribution in [2.75, 3.05) is 148 Å². The van der Waals surface area contributed by atoms with Gasteiger partial charge in [0.15, 0.2) is 0 Å². The minimum Gasteiger partial charge on any atom is -0.508 e. The van der Waals surface area contributed by atoms with E-state index in [1.54, 1.807) is 12.1 Å². The van der Waals surface area contributed by atoms with Crippen LogP contribution in [0, 0.1) is 20.8 Å². The molecule has 8 heterocycles. The quantitative estimate of drug-likeness (QED) is 0.176. The number of nitrogens with zero attached hydrogens (tertiary/aromatic N) is 11. The maximum atomic E-state index is 9.56. The number of aryl methyl sites for hydroxylation is 3. The van der Waals surface area contributed by atoms with E-state index in [-0.39, 0.29) is 0 Å². The van der Waals surface area contributed by atoms with Crippen molar-refractivity contribution in [1.29, 1.82) is 0 Å². The molecule has 8 aromatic rings. The molecule has 0 atom stereocenters. The van der Waals surface area contributed by atoms with Crippen LogP contribution in [-0.4, -0.2) is 178 Å². The van der Waals surface area contributed by atoms with Crippen LogP contribution in [0.15, 0.2) is 126 Å². The lowest BCUT2D eigenvalue weighted by molar-refractivity contribution is 0.358. The van der Waals surface area contributed by atoms with Gasteiger partial charge < -0.3 is 44.7 Å². The average molecular weight is 1100 g/mol. The van der Waals surface area contributed by atoms with Crippen molar-refractivity contribution in [3.05, 3.63) is 143 Å². The molecule has 13 nitrogen and oxygen atoms in total. The van der Waals surface area contributed by atoms with Gasteiger partial charge in [-0.3, -0.25) is 19.9 Å². The van der Waals surface area contributed by atoms with E-state index in [0.717, 1.165) is 110 Å². The fraction of sp³-hybridized carbons (Fsp3) is 0.429. The fourth-order valence-corrected chi connectivity index (χ4v) is 10.6. The number of pyridine rings is 4. The van der Waals surface area contributed by atoms with Crippen LogP contribution in [0.2, 0.25) is 0 Å². The smallest absolute Gasteiger partial charge is 0.116 e. The van der Waals surface area contributed by atoms with E-state index in [2.05, 4.69) is 197 Å². The van der Waals surface area contributed by atoms with Crippen LogP contribution in [0.3, 0.4) is 0 Å². The minimum atomic E-state index is 0.294. The predicted molar refractivity (Wildman–Crippen MR) is 329 cm³/mol. The maximum Gasteiger partial charge on any atom is 0.116 e. The van der Waals surface area contributed by atoms with Gasteiger partial charge in [-0.25, -0.2) is 0 Å². The third kappa shape index (κ3) is 17.5. The van der Waals surface area contributed by atoms with Crippen LogP contribution in [0.1, 0.15) is 42.4 Å². The number of halogens is 1. The molecule has 0 saturated carbocycles. The topological polar surface area (TPSA) is 106 Å². The summed E-state index contributed by atoms with van der Waals surface area (Å²) in [5, 5.41) is 17.6. The zero-order valence-corrected chi connectivity index (χ0v) is 48.5. The monoisotopic (exact) mass is 1100 g/mol. The Balaban J connectivity index is 0.000000131. The summed E-state index contributed by atoms with van der Waals surface area (Å²) in [6.07, 6.45) is 12.7. The normalized spacial score (nSPS) is 17.3. The Kier molecular flexibility index (Phi) is 21.2. The second-order valence-corrected chi connectivity index (χ2v) is 22.5. The summed E-state index contributed by atoms with van der Waals surface area (Å²) in [5.41, 5.74) is 11.7. The third-order valence-electron chi connectivity index (χ3n) is 14.9. The van der Waals surface area contributed by atoms with Crippen molar-refractivity contribution in [3.63, 3.8) is 0 Å². The number of hydrogen-bond donors (Lipinski definition) is 2. The number of phenolic OH excluding ortho intramolecular Hbond substituents is 1. The lowest BCUT2D eigenvalue weighted by Crippen LogP contribution is -2.28. The number of aromatic nitrogens is 4. The molecule has 0 unspecified atom stereocenters. The molecule has 2 N–H and O–H groups in total. The summed E-state index contributed by atoms with van der Waals surface area (Å²) in [7, 11) is 8.74. The number of benzene rings is 4. The molecule has 14 heteroatoms. The summed E-state index contributed by atoms with van der Waals surface area (Å²) in [6, 6.07) is 33.2. The number of hydrogen-bond acceptors (Lipinski definition) is 13. The lowest BCUT2D eigenvalue weighted by Gasteiger charge is -2.22. The van der Waals surface area contributed by atoms with Crippen molar-refractivity contribution < 1.29 is 5.11 Å². The number of phenols is 1. The average Bonchev–Trinajstić information content (AvgIpc) is 3.99. The summed E-state index contributed by atoms with van der Waals surface area (Å²) in [5.74, 6) is 0.294. The van der Waals surface area contributed by atoms with Gasteiger partial charge in [0, 0.05) is 104 Å². The predicted octanol–water partition coefficient (Wildman–Crippen LogP) is 10.7. The highest BCUT2D eigenvalue weighted by Crippen LogP contribution is 2.26. The highest BCUT2D eigenvalue weighted by molar-refractivity contribution is 9.10. The van der Waals surface area contributed by atoms with Crippen molar-refractivity contribution in [2.24, 2.45) is 0 Å². The molecule has 77 heavy (non-hydrogen) atoms. The van der Waals surface area contributed by atoms with Gasteiger partial charge in [0.05, 0.1) is 57.7 Å². The van der Waals surface area contributed by atoms with Gasteiger partial charge in [0.25, 0.3) is 0 Å². The summed E-state index contributed by atoms with van der Waals surface area (Å²) < 4.78 is 1.03. The van der Waals surface area contributed by atoms with Crippen molar-refractivity contribution in [3.8, 4) is 5.75 Å². The van der Waals surface area contributed by atoms with E-state index >= 15 is 0 Å². The molecule has 0 aliphatic carbocycles. The molecule has 0 amide bonds. The first-order valence-corrected chi connectivity index (χ1v) is 28.6. The van der Waals surface area contributed by atoms with Gasteiger partial charge in [0.2, 0.25) is 0 Å². The van der Waals surface area contributed by atoms with Crippen LogP contribution in [0.4, 0.5) is 17.1 Å². The molecule has 12 rings (SSSR count). The first kappa shape index (κ1) is 57.2. The molecule has 0 radical (unpaired) electrons. The third-order valence-corrected chi connectivity index (χ3v) is 15.3. The van der Waals surface area contributed by atoms with E-state index in [0.29, 0.717) is 5.75 Å². The van der Waals surface area contributed by atoms with E-state index in [9.17, 15) is 5.11 Å². The number of anilines is 3. The molecular formula is C63H83BrN12O. The molecule has 4 saturated heterocycles. The fourth-order valence-electron chi connectivity index (χ4n) is 10.2. The number of fused-ring (bicyclic) bond motifs is 4. The second-order valence-electron chi connectivity index (χ2n) is 21.5. The Morgan fingerprint density at radius 2 is 0.740 bits per heavy atom. The van der Waals surface area contributed by atoms with Gasteiger partial charge in [-0.05, 0) is 202 Å². The first-order chi connectivity index (χ1) is 37.3. The Morgan fingerprint density at radius 1 is 0.377 bits per heavy atom. The van der Waals surface area contributed by atoms with Crippen molar-refractivity contribution in [2.45, 2.75) is 46.5 Å². The zero-order chi connectivity index (χ0) is 54.1. The lowest BCUT2D eigenvalue weighted by atomic mass is 10.1. The van der Waals surface area contributed by atoms with Gasteiger partial charge in [0.1, 0.15) is 5.75 Å². The molecule has 408 valence electrons.